The van der Waals surface area contributed by atoms with Gasteiger partial charge in [-0.1, -0.05) is 19.1 Å². The SMILES string of the molecule is CC[S@@](=O)c1ccc(-c2coc3ccc(-c4nnc(C)o4)cc23)cc1. The first-order chi connectivity index (χ1) is 12.2. The number of aryl methyl sites for hydroxylation is 1. The fourth-order valence-corrected chi connectivity index (χ4v) is 3.52. The minimum absolute atomic E-state index is 0.486. The van der Waals surface area contributed by atoms with Crippen LogP contribution in [0.5, 0.6) is 0 Å². The van der Waals surface area contributed by atoms with Crippen molar-refractivity contribution >= 4 is 21.8 Å². The molecule has 4 rings (SSSR count). The molecule has 4 aromatic rings. The monoisotopic (exact) mass is 352 g/mol. The summed E-state index contributed by atoms with van der Waals surface area (Å²) in [6, 6.07) is 13.5. The molecule has 5 nitrogen and oxygen atoms in total. The Morgan fingerprint density at radius 1 is 1.04 bits per heavy atom. The first kappa shape index (κ1) is 15.8. The van der Waals surface area contributed by atoms with E-state index in [4.69, 9.17) is 8.83 Å². The largest absolute Gasteiger partial charge is 0.464 e. The Balaban J connectivity index is 1.78. The molecule has 0 fully saturated rings. The fourth-order valence-electron chi connectivity index (χ4n) is 2.75. The highest BCUT2D eigenvalue weighted by atomic mass is 32.2. The van der Waals surface area contributed by atoms with E-state index in [0.717, 1.165) is 32.6 Å². The van der Waals surface area contributed by atoms with E-state index in [9.17, 15) is 4.21 Å². The van der Waals surface area contributed by atoms with E-state index in [1.165, 1.54) is 0 Å². The molecule has 126 valence electrons. The predicted octanol–water partition coefficient (Wildman–Crippen LogP) is 4.59. The lowest BCUT2D eigenvalue weighted by molar-refractivity contribution is 0.533. The molecule has 2 aromatic carbocycles. The van der Waals surface area contributed by atoms with Crippen molar-refractivity contribution in [1.29, 1.82) is 0 Å². The van der Waals surface area contributed by atoms with Gasteiger partial charge in [0, 0.05) is 34.1 Å². The number of nitrogens with zero attached hydrogens (tertiary/aromatic N) is 2. The van der Waals surface area contributed by atoms with Crippen LogP contribution in [0.1, 0.15) is 12.8 Å². The molecule has 6 heteroatoms. The minimum atomic E-state index is -0.950. The number of hydrogen-bond donors (Lipinski definition) is 0. The number of benzene rings is 2. The van der Waals surface area contributed by atoms with Gasteiger partial charge in [-0.2, -0.15) is 0 Å². The van der Waals surface area contributed by atoms with Crippen molar-refractivity contribution in [2.75, 3.05) is 5.75 Å². The van der Waals surface area contributed by atoms with E-state index < -0.39 is 10.8 Å². The maximum Gasteiger partial charge on any atom is 0.247 e. The van der Waals surface area contributed by atoms with Crippen molar-refractivity contribution in [3.8, 4) is 22.6 Å². The number of rotatable bonds is 4. The van der Waals surface area contributed by atoms with E-state index in [1.54, 1.807) is 13.2 Å². The first-order valence-corrected chi connectivity index (χ1v) is 9.28. The Bertz CT molecular complexity index is 1060. The summed E-state index contributed by atoms with van der Waals surface area (Å²) in [5, 5.41) is 8.92. The van der Waals surface area contributed by atoms with Gasteiger partial charge in [-0.3, -0.25) is 4.21 Å². The van der Waals surface area contributed by atoms with E-state index in [2.05, 4.69) is 10.2 Å². The maximum absolute atomic E-state index is 11.9. The molecule has 0 saturated carbocycles. The Labute approximate surface area is 147 Å². The van der Waals surface area contributed by atoms with Crippen LogP contribution >= 0.6 is 0 Å². The van der Waals surface area contributed by atoms with Crippen LogP contribution in [0.15, 0.2) is 62.5 Å². The topological polar surface area (TPSA) is 69.1 Å². The zero-order valence-corrected chi connectivity index (χ0v) is 14.7. The molecule has 0 N–H and O–H groups in total. The summed E-state index contributed by atoms with van der Waals surface area (Å²) in [5.74, 6) is 1.63. The van der Waals surface area contributed by atoms with Crippen LogP contribution in [0, 0.1) is 6.92 Å². The molecule has 0 aliphatic heterocycles. The summed E-state index contributed by atoms with van der Waals surface area (Å²) in [7, 11) is -0.950. The summed E-state index contributed by atoms with van der Waals surface area (Å²) in [6.07, 6.45) is 1.74. The molecule has 0 spiro atoms. The number of hydrogen-bond acceptors (Lipinski definition) is 5. The Morgan fingerprint density at radius 3 is 2.48 bits per heavy atom. The average molecular weight is 352 g/mol. The summed E-state index contributed by atoms with van der Waals surface area (Å²) in [4.78, 5) is 0.834. The van der Waals surface area contributed by atoms with Gasteiger partial charge >= 0.3 is 0 Å². The van der Waals surface area contributed by atoms with E-state index in [1.807, 2.05) is 49.4 Å². The fraction of sp³-hybridized carbons (Fsp3) is 0.158. The van der Waals surface area contributed by atoms with Crippen LogP contribution in [-0.4, -0.2) is 20.2 Å². The maximum atomic E-state index is 11.9. The molecule has 0 saturated heterocycles. The quantitative estimate of drug-likeness (QED) is 0.537. The van der Waals surface area contributed by atoms with Gasteiger partial charge in [-0.25, -0.2) is 0 Å². The van der Waals surface area contributed by atoms with Crippen LogP contribution < -0.4 is 0 Å². The Morgan fingerprint density at radius 2 is 1.80 bits per heavy atom. The van der Waals surface area contributed by atoms with Gasteiger partial charge in [0.05, 0.1) is 17.1 Å². The van der Waals surface area contributed by atoms with Gasteiger partial charge in [0.1, 0.15) is 5.58 Å². The zero-order valence-electron chi connectivity index (χ0n) is 13.9. The third kappa shape index (κ3) is 2.89. The van der Waals surface area contributed by atoms with Gasteiger partial charge < -0.3 is 8.83 Å². The Hall–Kier alpha value is -2.73. The van der Waals surface area contributed by atoms with Gasteiger partial charge in [0.25, 0.3) is 0 Å². The highest BCUT2D eigenvalue weighted by Gasteiger charge is 2.13. The lowest BCUT2D eigenvalue weighted by Crippen LogP contribution is -1.93. The third-order valence-corrected chi connectivity index (χ3v) is 5.36. The van der Waals surface area contributed by atoms with Crippen LogP contribution in [0.2, 0.25) is 0 Å². The molecule has 25 heavy (non-hydrogen) atoms. The second kappa shape index (κ2) is 6.29. The summed E-state index contributed by atoms with van der Waals surface area (Å²) >= 11 is 0. The second-order valence-electron chi connectivity index (χ2n) is 5.65. The van der Waals surface area contributed by atoms with Crippen LogP contribution in [0.4, 0.5) is 0 Å². The number of fused-ring (bicyclic) bond motifs is 1. The molecule has 0 amide bonds. The average Bonchev–Trinajstić information content (AvgIpc) is 3.27. The normalized spacial score (nSPS) is 12.6. The molecule has 0 radical (unpaired) electrons. The zero-order chi connectivity index (χ0) is 17.4. The van der Waals surface area contributed by atoms with Gasteiger partial charge in [0.2, 0.25) is 11.8 Å². The summed E-state index contributed by atoms with van der Waals surface area (Å²) in [6.45, 7) is 3.68. The molecule has 2 aromatic heterocycles. The molecule has 2 heterocycles. The van der Waals surface area contributed by atoms with Gasteiger partial charge in [-0.15, -0.1) is 10.2 Å². The van der Waals surface area contributed by atoms with Crippen LogP contribution in [0.3, 0.4) is 0 Å². The molecular weight excluding hydrogens is 336 g/mol. The molecule has 0 unspecified atom stereocenters. The van der Waals surface area contributed by atoms with E-state index in [0.29, 0.717) is 17.5 Å². The minimum Gasteiger partial charge on any atom is -0.464 e. The molecule has 0 bridgehead atoms. The standard InChI is InChI=1S/C19H16N2O3S/c1-3-25(22)15-7-4-13(5-8-15)17-11-23-18-9-6-14(10-16(17)18)19-21-20-12(2)24-19/h4-11H,3H2,1-2H3/t25-/m1/s1. The lowest BCUT2D eigenvalue weighted by atomic mass is 10.0. The number of furan rings is 1. The van der Waals surface area contributed by atoms with Crippen molar-refractivity contribution in [3.63, 3.8) is 0 Å². The molecule has 0 aliphatic rings. The van der Waals surface area contributed by atoms with Crippen molar-refractivity contribution < 1.29 is 13.0 Å². The Kier molecular flexibility index (Phi) is 3.97. The lowest BCUT2D eigenvalue weighted by Gasteiger charge is -2.03. The highest BCUT2D eigenvalue weighted by Crippen LogP contribution is 2.33. The van der Waals surface area contributed by atoms with Crippen molar-refractivity contribution in [2.45, 2.75) is 18.7 Å². The smallest absolute Gasteiger partial charge is 0.247 e. The van der Waals surface area contributed by atoms with E-state index in [-0.39, 0.29) is 0 Å². The predicted molar refractivity (Wildman–Crippen MR) is 96.6 cm³/mol. The summed E-state index contributed by atoms with van der Waals surface area (Å²) < 4.78 is 23.1. The van der Waals surface area contributed by atoms with E-state index >= 15 is 0 Å². The van der Waals surface area contributed by atoms with Crippen LogP contribution in [-0.2, 0) is 10.8 Å². The number of aromatic nitrogens is 2. The van der Waals surface area contributed by atoms with Crippen molar-refractivity contribution in [3.05, 3.63) is 54.6 Å². The third-order valence-electron chi connectivity index (χ3n) is 4.04. The second-order valence-corrected chi connectivity index (χ2v) is 7.38. The van der Waals surface area contributed by atoms with Crippen molar-refractivity contribution in [2.24, 2.45) is 0 Å². The van der Waals surface area contributed by atoms with Gasteiger partial charge in [-0.05, 0) is 35.9 Å². The highest BCUT2D eigenvalue weighted by molar-refractivity contribution is 7.85. The summed E-state index contributed by atoms with van der Waals surface area (Å²) in [5.41, 5.74) is 3.62. The first-order valence-electron chi connectivity index (χ1n) is 7.96. The molecule has 0 aliphatic carbocycles. The van der Waals surface area contributed by atoms with Crippen LogP contribution in [0.25, 0.3) is 33.6 Å². The molecular formula is C19H16N2O3S. The van der Waals surface area contributed by atoms with Crippen molar-refractivity contribution in [1.82, 2.24) is 10.2 Å². The van der Waals surface area contributed by atoms with Gasteiger partial charge in [0.15, 0.2) is 0 Å². The molecule has 1 atom stereocenters.